The Balaban J connectivity index is 1.07. The van der Waals surface area contributed by atoms with Gasteiger partial charge in [-0.15, -0.1) is 14.8 Å². The minimum Gasteiger partial charge on any atom is -0.355 e. The predicted molar refractivity (Wildman–Crippen MR) is 135 cm³/mol. The van der Waals surface area contributed by atoms with Gasteiger partial charge in [-0.3, -0.25) is 19.3 Å². The Labute approximate surface area is 211 Å². The Morgan fingerprint density at radius 1 is 0.973 bits per heavy atom. The van der Waals surface area contributed by atoms with Gasteiger partial charge in [-0.25, -0.2) is 0 Å². The molecule has 2 aromatic heterocycles. The van der Waals surface area contributed by atoms with E-state index in [-0.39, 0.29) is 30.2 Å². The number of hydrogen-bond donors (Lipinski definition) is 2. The lowest BCUT2D eigenvalue weighted by Gasteiger charge is -2.31. The first kappa shape index (κ1) is 22.6. The van der Waals surface area contributed by atoms with E-state index in [1.807, 2.05) is 18.2 Å². The number of nitrogens with one attached hydrogen (secondary N) is 2. The van der Waals surface area contributed by atoms with Crippen LogP contribution in [0.1, 0.15) is 23.2 Å². The van der Waals surface area contributed by atoms with E-state index >= 15 is 0 Å². The van der Waals surface area contributed by atoms with Crippen LogP contribution in [0.25, 0.3) is 5.65 Å². The number of hydrogen-bond acceptors (Lipinski definition) is 8. The van der Waals surface area contributed by atoms with Crippen molar-refractivity contribution in [3.8, 4) is 0 Å². The number of carbonyl (C=O) groups excluding carboxylic acids is 3. The second-order valence-corrected chi connectivity index (χ2v) is 9.00. The zero-order valence-electron chi connectivity index (χ0n) is 19.7. The molecule has 3 amide bonds. The molecule has 0 spiro atoms. The summed E-state index contributed by atoms with van der Waals surface area (Å²) < 4.78 is 1.39. The van der Waals surface area contributed by atoms with Crippen LogP contribution in [0.15, 0.2) is 60.7 Å². The largest absolute Gasteiger partial charge is 0.355 e. The maximum absolute atomic E-state index is 13.1. The summed E-state index contributed by atoms with van der Waals surface area (Å²) in [5.41, 5.74) is 2.89. The lowest BCUT2D eigenvalue weighted by molar-refractivity contribution is -0.120. The fourth-order valence-electron chi connectivity index (χ4n) is 4.69. The van der Waals surface area contributed by atoms with Crippen molar-refractivity contribution in [2.24, 2.45) is 5.92 Å². The van der Waals surface area contributed by atoms with E-state index in [1.54, 1.807) is 42.5 Å². The third-order valence-corrected chi connectivity index (χ3v) is 6.66. The molecule has 12 nitrogen and oxygen atoms in total. The Bertz CT molecular complexity index is 1490. The van der Waals surface area contributed by atoms with E-state index in [0.29, 0.717) is 54.2 Å². The van der Waals surface area contributed by atoms with Crippen LogP contribution in [0, 0.1) is 5.92 Å². The van der Waals surface area contributed by atoms with Gasteiger partial charge >= 0.3 is 0 Å². The molecular weight excluding hydrogens is 474 g/mol. The molecule has 2 aliphatic heterocycles. The number of piperidine rings is 1. The highest BCUT2D eigenvalue weighted by molar-refractivity contribution is 6.15. The van der Waals surface area contributed by atoms with Crippen LogP contribution in [0.2, 0.25) is 0 Å². The Hall–Kier alpha value is -4.87. The lowest BCUT2D eigenvalue weighted by atomic mass is 9.95. The normalized spacial score (nSPS) is 15.8. The first-order valence-corrected chi connectivity index (χ1v) is 12.0. The number of benzene rings is 2. The first-order chi connectivity index (χ1) is 18.0. The van der Waals surface area contributed by atoms with Crippen molar-refractivity contribution in [2.45, 2.75) is 12.8 Å². The highest BCUT2D eigenvalue weighted by atomic mass is 16.2. The monoisotopic (exact) mass is 497 g/mol. The summed E-state index contributed by atoms with van der Waals surface area (Å²) in [5.74, 6) is 0.0735. The molecule has 4 aromatic rings. The molecule has 2 aromatic carbocycles. The number of amides is 3. The van der Waals surface area contributed by atoms with Crippen LogP contribution >= 0.6 is 0 Å². The average molecular weight is 498 g/mol. The van der Waals surface area contributed by atoms with Crippen molar-refractivity contribution in [1.29, 1.82) is 0 Å². The molecule has 0 atom stereocenters. The Morgan fingerprint density at radius 3 is 2.57 bits per heavy atom. The second kappa shape index (κ2) is 9.30. The summed E-state index contributed by atoms with van der Waals surface area (Å²) in [6.45, 7) is 1.33. The van der Waals surface area contributed by atoms with Crippen molar-refractivity contribution in [3.05, 3.63) is 66.2 Å². The summed E-state index contributed by atoms with van der Waals surface area (Å²) in [7, 11) is 0. The van der Waals surface area contributed by atoms with Crippen LogP contribution in [0.3, 0.4) is 0 Å². The Kier molecular flexibility index (Phi) is 5.68. The van der Waals surface area contributed by atoms with Gasteiger partial charge in [0.25, 0.3) is 5.91 Å². The summed E-state index contributed by atoms with van der Waals surface area (Å²) >= 11 is 0. The van der Waals surface area contributed by atoms with Gasteiger partial charge in [-0.05, 0) is 71.8 Å². The topological polar surface area (TPSA) is 138 Å². The molecule has 2 aliphatic rings. The van der Waals surface area contributed by atoms with Crippen molar-refractivity contribution in [2.75, 3.05) is 40.1 Å². The third kappa shape index (κ3) is 4.44. The van der Waals surface area contributed by atoms with Gasteiger partial charge < -0.3 is 15.5 Å². The molecule has 37 heavy (non-hydrogen) atoms. The van der Waals surface area contributed by atoms with Gasteiger partial charge in [0.1, 0.15) is 6.54 Å². The van der Waals surface area contributed by atoms with Gasteiger partial charge in [0.05, 0.1) is 11.4 Å². The number of rotatable bonds is 4. The fraction of sp³-hybridized carbons (Fsp3) is 0.240. The van der Waals surface area contributed by atoms with Gasteiger partial charge in [0.2, 0.25) is 11.8 Å². The molecule has 0 aliphatic carbocycles. The maximum atomic E-state index is 13.1. The smallest absolute Gasteiger partial charge is 0.258 e. The highest BCUT2D eigenvalue weighted by Gasteiger charge is 2.28. The molecule has 1 saturated heterocycles. The van der Waals surface area contributed by atoms with Crippen molar-refractivity contribution >= 4 is 46.2 Å². The Morgan fingerprint density at radius 2 is 1.76 bits per heavy atom. The van der Waals surface area contributed by atoms with Gasteiger partial charge in [-0.1, -0.05) is 12.1 Å². The molecule has 0 unspecified atom stereocenters. The SMILES string of the molecule is O=C1CN(C(=O)c2ccc(NC(=O)C3CCN(c4ccc5nnnn5n4)CC3)cc2)c2ccccc2N1. The van der Waals surface area contributed by atoms with Crippen molar-refractivity contribution < 1.29 is 14.4 Å². The quantitative estimate of drug-likeness (QED) is 0.437. The highest BCUT2D eigenvalue weighted by Crippen LogP contribution is 2.30. The van der Waals surface area contributed by atoms with Gasteiger partial charge in [-0.2, -0.15) is 0 Å². The summed E-state index contributed by atoms with van der Waals surface area (Å²) in [6, 6.07) is 17.6. The number of tetrazole rings is 1. The number of nitrogens with zero attached hydrogens (tertiary/aromatic N) is 7. The molecule has 12 heteroatoms. The van der Waals surface area contributed by atoms with Gasteiger partial charge in [0.15, 0.2) is 11.5 Å². The number of aromatic nitrogens is 5. The first-order valence-electron chi connectivity index (χ1n) is 12.0. The van der Waals surface area contributed by atoms with Crippen LogP contribution in [0.4, 0.5) is 22.9 Å². The number of para-hydroxylation sites is 2. The van der Waals surface area contributed by atoms with E-state index < -0.39 is 0 Å². The molecular formula is C25H23N9O3. The summed E-state index contributed by atoms with van der Waals surface area (Å²) in [4.78, 5) is 41.7. The van der Waals surface area contributed by atoms with Crippen LogP contribution in [0.5, 0.6) is 0 Å². The molecule has 0 saturated carbocycles. The number of anilines is 4. The van der Waals surface area contributed by atoms with Crippen LogP contribution in [-0.4, -0.2) is 62.6 Å². The van der Waals surface area contributed by atoms with E-state index in [1.165, 1.54) is 9.53 Å². The zero-order chi connectivity index (χ0) is 25.4. The maximum Gasteiger partial charge on any atom is 0.258 e. The molecule has 4 heterocycles. The van der Waals surface area contributed by atoms with Crippen LogP contribution in [-0.2, 0) is 9.59 Å². The minimum atomic E-state index is -0.277. The van der Waals surface area contributed by atoms with Crippen molar-refractivity contribution in [1.82, 2.24) is 25.3 Å². The molecule has 0 radical (unpaired) electrons. The standard InChI is InChI=1S/C25H23N9O3/c35-23-15-33(20-4-2-1-3-19(20)27-23)25(37)17-5-7-18(8-6-17)26-24(36)16-11-13-32(14-12-16)22-10-9-21-28-30-31-34(21)29-22/h1-10,16H,11-15H2,(H,26,36)(H,27,35). The lowest BCUT2D eigenvalue weighted by Crippen LogP contribution is -2.42. The summed E-state index contributed by atoms with van der Waals surface area (Å²) in [6.07, 6.45) is 1.38. The molecule has 6 rings (SSSR count). The predicted octanol–water partition coefficient (Wildman–Crippen LogP) is 1.97. The molecule has 1 fully saturated rings. The van der Waals surface area contributed by atoms with E-state index in [4.69, 9.17) is 0 Å². The minimum absolute atomic E-state index is 0.0495. The van der Waals surface area contributed by atoms with Crippen molar-refractivity contribution in [3.63, 3.8) is 0 Å². The van der Waals surface area contributed by atoms with E-state index in [9.17, 15) is 14.4 Å². The van der Waals surface area contributed by atoms with Gasteiger partial charge in [0, 0.05) is 30.3 Å². The van der Waals surface area contributed by atoms with E-state index in [2.05, 4.69) is 36.2 Å². The number of fused-ring (bicyclic) bond motifs is 2. The van der Waals surface area contributed by atoms with E-state index in [0.717, 1.165) is 5.82 Å². The average Bonchev–Trinajstić information content (AvgIpc) is 3.41. The zero-order valence-corrected chi connectivity index (χ0v) is 19.7. The van der Waals surface area contributed by atoms with Crippen LogP contribution < -0.4 is 20.4 Å². The molecule has 186 valence electrons. The second-order valence-electron chi connectivity index (χ2n) is 9.00. The molecule has 0 bridgehead atoms. The third-order valence-electron chi connectivity index (χ3n) is 6.66. The molecule has 2 N–H and O–H groups in total. The fourth-order valence-corrected chi connectivity index (χ4v) is 4.69. The number of carbonyl (C=O) groups is 3. The summed E-state index contributed by atoms with van der Waals surface area (Å²) in [5, 5.41) is 21.5.